The first-order valence-electron chi connectivity index (χ1n) is 5.87. The third kappa shape index (κ3) is 3.68. The van der Waals surface area contributed by atoms with Crippen LogP contribution in [0.15, 0.2) is 30.6 Å². The average Bonchev–Trinajstić information content (AvgIpc) is 2.45. The predicted molar refractivity (Wildman–Crippen MR) is 83.9 cm³/mol. The van der Waals surface area contributed by atoms with Crippen molar-refractivity contribution in [3.8, 4) is 5.75 Å². The van der Waals surface area contributed by atoms with Crippen LogP contribution < -0.4 is 16.2 Å². The second-order valence-electron chi connectivity index (χ2n) is 4.06. The van der Waals surface area contributed by atoms with E-state index in [4.69, 9.17) is 27.8 Å². The van der Waals surface area contributed by atoms with Crippen LogP contribution in [0.3, 0.4) is 0 Å². The van der Waals surface area contributed by atoms with Gasteiger partial charge >= 0.3 is 0 Å². The number of rotatable bonds is 5. The summed E-state index contributed by atoms with van der Waals surface area (Å²) in [4.78, 5) is 7.85. The maximum Gasteiger partial charge on any atom is 0.219 e. The van der Waals surface area contributed by atoms with E-state index in [2.05, 4.69) is 9.97 Å². The first-order valence-corrected chi connectivity index (χ1v) is 7.60. The minimum atomic E-state index is -0.498. The Balaban J connectivity index is 2.26. The van der Waals surface area contributed by atoms with Crippen molar-refractivity contribution >= 4 is 34.7 Å². The van der Waals surface area contributed by atoms with Crippen molar-refractivity contribution in [2.75, 3.05) is 17.7 Å². The third-order valence-electron chi connectivity index (χ3n) is 2.64. The normalized spacial score (nSPS) is 12.1. The summed E-state index contributed by atoms with van der Waals surface area (Å²) in [5.74, 6) is 1.20. The van der Waals surface area contributed by atoms with Crippen molar-refractivity contribution in [1.82, 2.24) is 9.97 Å². The number of benzene rings is 1. The molecule has 2 rings (SSSR count). The van der Waals surface area contributed by atoms with Gasteiger partial charge in [-0.05, 0) is 30.0 Å². The number of hydrogen-bond donors (Lipinski definition) is 2. The Morgan fingerprint density at radius 3 is 2.60 bits per heavy atom. The number of nitrogens with zero attached hydrogens (tertiary/aromatic N) is 2. The number of thioether (sulfide) groups is 1. The molecule has 0 fully saturated rings. The molecule has 1 atom stereocenters. The lowest BCUT2D eigenvalue weighted by atomic mass is 10.1. The van der Waals surface area contributed by atoms with E-state index in [1.54, 1.807) is 30.6 Å². The van der Waals surface area contributed by atoms with E-state index in [9.17, 15) is 0 Å². The minimum Gasteiger partial charge on any atom is -0.463 e. The molecule has 0 bridgehead atoms. The van der Waals surface area contributed by atoms with Crippen LogP contribution in [0.25, 0.3) is 0 Å². The molecule has 1 aromatic heterocycles. The van der Waals surface area contributed by atoms with Crippen LogP contribution in [0, 0.1) is 0 Å². The van der Waals surface area contributed by atoms with Crippen molar-refractivity contribution in [3.63, 3.8) is 0 Å². The number of anilines is 2. The zero-order chi connectivity index (χ0) is 14.5. The zero-order valence-electron chi connectivity index (χ0n) is 10.9. The Kier molecular flexibility index (Phi) is 4.92. The molecule has 0 spiro atoms. The maximum absolute atomic E-state index is 5.97. The highest BCUT2D eigenvalue weighted by molar-refractivity contribution is 8.00. The largest absolute Gasteiger partial charge is 0.463 e. The summed E-state index contributed by atoms with van der Waals surface area (Å²) in [5.41, 5.74) is 13.7. The van der Waals surface area contributed by atoms with Crippen LogP contribution in [0.1, 0.15) is 11.4 Å². The summed E-state index contributed by atoms with van der Waals surface area (Å²) in [5, 5.41) is 0. The summed E-state index contributed by atoms with van der Waals surface area (Å²) in [6, 6.07) is 5.21. The molecule has 1 heterocycles. The molecule has 20 heavy (non-hydrogen) atoms. The van der Waals surface area contributed by atoms with E-state index in [1.165, 1.54) is 11.8 Å². The first kappa shape index (κ1) is 14.7. The average molecular weight is 311 g/mol. The van der Waals surface area contributed by atoms with Gasteiger partial charge in [0.2, 0.25) is 4.90 Å². The Morgan fingerprint density at radius 2 is 1.95 bits per heavy atom. The molecule has 0 radical (unpaired) electrons. The zero-order valence-corrected chi connectivity index (χ0v) is 12.5. The van der Waals surface area contributed by atoms with Crippen LogP contribution >= 0.6 is 23.4 Å². The monoisotopic (exact) mass is 310 g/mol. The van der Waals surface area contributed by atoms with Gasteiger partial charge in [-0.3, -0.25) is 0 Å². The van der Waals surface area contributed by atoms with Gasteiger partial charge in [-0.2, -0.15) is 0 Å². The van der Waals surface area contributed by atoms with Gasteiger partial charge in [0.15, 0.2) is 0 Å². The number of alkyl halides is 1. The SMILES string of the molecule is CSC(Cl)Oc1cc(Cc2ncccn2)c(N)cc1N. The molecule has 5 nitrogen and oxygen atoms in total. The molecular formula is C13H15ClN4OS. The second-order valence-corrected chi connectivity index (χ2v) is 5.61. The van der Waals surface area contributed by atoms with Gasteiger partial charge in [-0.25, -0.2) is 9.97 Å². The van der Waals surface area contributed by atoms with Crippen LogP contribution in [0.4, 0.5) is 11.4 Å². The molecule has 4 N–H and O–H groups in total. The molecule has 7 heteroatoms. The van der Waals surface area contributed by atoms with Crippen LogP contribution in [-0.2, 0) is 6.42 Å². The van der Waals surface area contributed by atoms with Crippen molar-refractivity contribution in [1.29, 1.82) is 0 Å². The van der Waals surface area contributed by atoms with Gasteiger partial charge in [-0.1, -0.05) is 11.6 Å². The molecule has 0 saturated carbocycles. The van der Waals surface area contributed by atoms with Crippen LogP contribution in [0.5, 0.6) is 5.75 Å². The van der Waals surface area contributed by atoms with E-state index < -0.39 is 4.90 Å². The highest BCUT2D eigenvalue weighted by Gasteiger charge is 2.12. The highest BCUT2D eigenvalue weighted by atomic mass is 35.5. The Hall–Kier alpha value is -1.66. The highest BCUT2D eigenvalue weighted by Crippen LogP contribution is 2.31. The van der Waals surface area contributed by atoms with Crippen molar-refractivity contribution in [2.45, 2.75) is 11.3 Å². The third-order valence-corrected chi connectivity index (χ3v) is 3.73. The standard InChI is InChI=1S/C13H15ClN4OS/c1-20-13(14)19-11-5-8(9(15)7-10(11)16)6-12-17-3-2-4-18-12/h2-5,7,13H,6,15-16H2,1H3. The number of aromatic nitrogens is 2. The molecule has 1 unspecified atom stereocenters. The van der Waals surface area contributed by atoms with Crippen molar-refractivity contribution < 1.29 is 4.74 Å². The molecule has 0 aliphatic rings. The fourth-order valence-electron chi connectivity index (χ4n) is 1.65. The maximum atomic E-state index is 5.97. The van der Waals surface area contributed by atoms with Crippen LogP contribution in [-0.4, -0.2) is 21.1 Å². The molecule has 0 amide bonds. The van der Waals surface area contributed by atoms with E-state index in [0.29, 0.717) is 29.4 Å². The Bertz CT molecular complexity index is 582. The molecule has 0 saturated heterocycles. The van der Waals surface area contributed by atoms with Gasteiger partial charge in [0, 0.05) is 24.5 Å². The van der Waals surface area contributed by atoms with Crippen LogP contribution in [0.2, 0.25) is 0 Å². The minimum absolute atomic E-state index is 0.458. The topological polar surface area (TPSA) is 87.0 Å². The fraction of sp³-hybridized carbons (Fsp3) is 0.231. The Labute approximate surface area is 126 Å². The van der Waals surface area contributed by atoms with Gasteiger partial charge in [0.25, 0.3) is 0 Å². The van der Waals surface area contributed by atoms with Gasteiger partial charge in [0.05, 0.1) is 5.69 Å². The predicted octanol–water partition coefficient (Wildman–Crippen LogP) is 2.50. The van der Waals surface area contributed by atoms with Crippen molar-refractivity contribution in [3.05, 3.63) is 42.0 Å². The van der Waals surface area contributed by atoms with E-state index in [-0.39, 0.29) is 0 Å². The smallest absolute Gasteiger partial charge is 0.219 e. The number of ether oxygens (including phenoxy) is 1. The lowest BCUT2D eigenvalue weighted by Crippen LogP contribution is -2.07. The molecule has 1 aromatic carbocycles. The summed E-state index contributed by atoms with van der Waals surface area (Å²) in [6.07, 6.45) is 5.74. The fourth-order valence-corrected chi connectivity index (χ4v) is 1.95. The summed E-state index contributed by atoms with van der Waals surface area (Å²) in [6.45, 7) is 0. The Morgan fingerprint density at radius 1 is 1.25 bits per heavy atom. The summed E-state index contributed by atoms with van der Waals surface area (Å²) in [7, 11) is 0. The van der Waals surface area contributed by atoms with E-state index >= 15 is 0 Å². The van der Waals surface area contributed by atoms with E-state index in [1.807, 2.05) is 6.26 Å². The molecule has 106 valence electrons. The number of halogens is 1. The first-order chi connectivity index (χ1) is 9.60. The lowest BCUT2D eigenvalue weighted by molar-refractivity contribution is 0.362. The number of hydrogen-bond acceptors (Lipinski definition) is 6. The van der Waals surface area contributed by atoms with Crippen molar-refractivity contribution in [2.24, 2.45) is 0 Å². The van der Waals surface area contributed by atoms with Gasteiger partial charge < -0.3 is 16.2 Å². The molecule has 0 aliphatic heterocycles. The summed E-state index contributed by atoms with van der Waals surface area (Å²) >= 11 is 7.33. The van der Waals surface area contributed by atoms with Gasteiger partial charge in [0.1, 0.15) is 11.6 Å². The quantitative estimate of drug-likeness (QED) is 0.501. The number of nitrogens with two attached hydrogens (primary N) is 2. The molecular weight excluding hydrogens is 296 g/mol. The molecule has 0 aliphatic carbocycles. The number of nitrogen functional groups attached to an aromatic ring is 2. The van der Waals surface area contributed by atoms with Gasteiger partial charge in [-0.15, -0.1) is 11.8 Å². The molecule has 2 aromatic rings. The second kappa shape index (κ2) is 6.67. The van der Waals surface area contributed by atoms with E-state index in [0.717, 1.165) is 5.56 Å². The summed E-state index contributed by atoms with van der Waals surface area (Å²) < 4.78 is 5.53. The lowest BCUT2D eigenvalue weighted by Gasteiger charge is -2.15.